The Morgan fingerprint density at radius 3 is 2.89 bits per heavy atom. The first kappa shape index (κ1) is 12.6. The van der Waals surface area contributed by atoms with Crippen LogP contribution in [0.3, 0.4) is 0 Å². The van der Waals surface area contributed by atoms with Crippen molar-refractivity contribution in [3.05, 3.63) is 46.5 Å². The summed E-state index contributed by atoms with van der Waals surface area (Å²) < 4.78 is 0. The zero-order valence-corrected chi connectivity index (χ0v) is 11.0. The highest BCUT2D eigenvalue weighted by Crippen LogP contribution is 2.22. The topological polar surface area (TPSA) is 58.0 Å². The Morgan fingerprint density at radius 2 is 2.11 bits per heavy atom. The van der Waals surface area contributed by atoms with Gasteiger partial charge < -0.3 is 10.4 Å². The molecule has 0 saturated carbocycles. The Labute approximate surface area is 111 Å². The molecule has 0 spiro atoms. The zero-order chi connectivity index (χ0) is 13.1. The smallest absolute Gasteiger partial charge is 0.152 e. The van der Waals surface area contributed by atoms with Gasteiger partial charge in [-0.25, -0.2) is 4.98 Å². The summed E-state index contributed by atoms with van der Waals surface area (Å²) in [5.41, 5.74) is 3.20. The van der Waals surface area contributed by atoms with Crippen molar-refractivity contribution in [2.24, 2.45) is 0 Å². The summed E-state index contributed by atoms with van der Waals surface area (Å²) >= 11 is 5.98. The van der Waals surface area contributed by atoms with Crippen molar-refractivity contribution in [3.63, 3.8) is 0 Å². The van der Waals surface area contributed by atoms with E-state index in [1.165, 1.54) is 0 Å². The number of rotatable bonds is 3. The van der Waals surface area contributed by atoms with Crippen LogP contribution in [0, 0.1) is 13.8 Å². The minimum absolute atomic E-state index is 0.171. The third-order valence-corrected chi connectivity index (χ3v) is 2.81. The van der Waals surface area contributed by atoms with Crippen molar-refractivity contribution in [1.82, 2.24) is 9.97 Å². The monoisotopic (exact) mass is 263 g/mol. The second-order valence-electron chi connectivity index (χ2n) is 4.12. The average molecular weight is 264 g/mol. The van der Waals surface area contributed by atoms with Gasteiger partial charge in [0.2, 0.25) is 0 Å². The van der Waals surface area contributed by atoms with Crippen LogP contribution in [-0.2, 0) is 6.54 Å². The number of hydrogen-bond acceptors (Lipinski definition) is 4. The van der Waals surface area contributed by atoms with Crippen molar-refractivity contribution >= 4 is 17.3 Å². The number of aromatic nitrogens is 2. The molecule has 0 aromatic carbocycles. The summed E-state index contributed by atoms with van der Waals surface area (Å²) in [6.07, 6.45) is 1.70. The fourth-order valence-electron chi connectivity index (χ4n) is 1.59. The van der Waals surface area contributed by atoms with E-state index in [9.17, 15) is 5.11 Å². The van der Waals surface area contributed by atoms with Crippen LogP contribution in [0.15, 0.2) is 24.4 Å². The largest absolute Gasteiger partial charge is 0.506 e. The molecular weight excluding hydrogens is 250 g/mol. The Kier molecular flexibility index (Phi) is 3.67. The van der Waals surface area contributed by atoms with E-state index in [2.05, 4.69) is 15.3 Å². The molecule has 5 heteroatoms. The Morgan fingerprint density at radius 1 is 1.33 bits per heavy atom. The Bertz CT molecular complexity index is 521. The van der Waals surface area contributed by atoms with Crippen LogP contribution in [0.2, 0.25) is 5.15 Å². The van der Waals surface area contributed by atoms with Gasteiger partial charge in [-0.05, 0) is 37.6 Å². The number of aromatic hydroxyl groups is 1. The van der Waals surface area contributed by atoms with Gasteiger partial charge in [0.1, 0.15) is 11.4 Å². The molecule has 2 aromatic heterocycles. The maximum absolute atomic E-state index is 9.69. The average Bonchev–Trinajstić information content (AvgIpc) is 2.34. The Balaban J connectivity index is 2.16. The molecule has 18 heavy (non-hydrogen) atoms. The minimum Gasteiger partial charge on any atom is -0.506 e. The summed E-state index contributed by atoms with van der Waals surface area (Å²) in [7, 11) is 0. The van der Waals surface area contributed by atoms with E-state index < -0.39 is 0 Å². The lowest BCUT2D eigenvalue weighted by Gasteiger charge is -2.09. The molecule has 2 heterocycles. The summed E-state index contributed by atoms with van der Waals surface area (Å²) in [6, 6.07) is 5.30. The first-order chi connectivity index (χ1) is 8.56. The number of pyridine rings is 2. The predicted octanol–water partition coefficient (Wildman–Crippen LogP) is 3.06. The second kappa shape index (κ2) is 5.23. The molecule has 0 saturated heterocycles. The highest BCUT2D eigenvalue weighted by Gasteiger charge is 2.06. The fraction of sp³-hybridized carbons (Fsp3) is 0.231. The van der Waals surface area contributed by atoms with Gasteiger partial charge in [0.15, 0.2) is 5.15 Å². The van der Waals surface area contributed by atoms with Crippen LogP contribution < -0.4 is 5.32 Å². The summed E-state index contributed by atoms with van der Waals surface area (Å²) in [5, 5.41) is 13.2. The van der Waals surface area contributed by atoms with E-state index in [1.54, 1.807) is 18.3 Å². The van der Waals surface area contributed by atoms with Crippen LogP contribution in [0.25, 0.3) is 0 Å². The maximum Gasteiger partial charge on any atom is 0.152 e. The van der Waals surface area contributed by atoms with Crippen molar-refractivity contribution < 1.29 is 5.11 Å². The molecule has 0 aliphatic carbocycles. The quantitative estimate of drug-likeness (QED) is 0.836. The molecule has 0 radical (unpaired) electrons. The molecule has 0 unspecified atom stereocenters. The maximum atomic E-state index is 9.69. The summed E-state index contributed by atoms with van der Waals surface area (Å²) in [5.74, 6) is 0.171. The third-order valence-electron chi connectivity index (χ3n) is 2.51. The fourth-order valence-corrected chi connectivity index (χ4v) is 1.76. The molecule has 94 valence electrons. The number of nitrogens with zero attached hydrogens (tertiary/aromatic N) is 2. The molecule has 0 amide bonds. The molecule has 2 rings (SSSR count). The lowest BCUT2D eigenvalue weighted by Crippen LogP contribution is -2.04. The SMILES string of the molecule is Cc1cnc(Cl)c(NCc2nc(C)ccc2O)c1. The second-order valence-corrected chi connectivity index (χ2v) is 4.48. The van der Waals surface area contributed by atoms with E-state index >= 15 is 0 Å². The van der Waals surface area contributed by atoms with Gasteiger partial charge in [-0.1, -0.05) is 11.6 Å². The minimum atomic E-state index is 0.171. The number of halogens is 1. The van der Waals surface area contributed by atoms with Gasteiger partial charge >= 0.3 is 0 Å². The van der Waals surface area contributed by atoms with Crippen molar-refractivity contribution in [3.8, 4) is 5.75 Å². The molecule has 0 aliphatic rings. The van der Waals surface area contributed by atoms with Gasteiger partial charge in [0, 0.05) is 11.9 Å². The summed E-state index contributed by atoms with van der Waals surface area (Å²) in [4.78, 5) is 8.31. The molecule has 0 aliphatic heterocycles. The lowest BCUT2D eigenvalue weighted by molar-refractivity contribution is 0.464. The standard InChI is InChI=1S/C13H14ClN3O/c1-8-5-10(13(14)16-6-8)15-7-11-12(18)4-3-9(2)17-11/h3-6,15,18H,7H2,1-2H3. The Hall–Kier alpha value is -1.81. The van der Waals surface area contributed by atoms with Gasteiger partial charge in [-0.3, -0.25) is 4.98 Å². The number of nitrogens with one attached hydrogen (secondary N) is 1. The van der Waals surface area contributed by atoms with Crippen LogP contribution >= 0.6 is 11.6 Å². The third kappa shape index (κ3) is 2.90. The summed E-state index contributed by atoms with van der Waals surface area (Å²) in [6.45, 7) is 4.22. The van der Waals surface area contributed by atoms with Gasteiger partial charge in [0.05, 0.1) is 12.2 Å². The van der Waals surface area contributed by atoms with E-state index in [1.807, 2.05) is 19.9 Å². The highest BCUT2D eigenvalue weighted by molar-refractivity contribution is 6.31. The van der Waals surface area contributed by atoms with Gasteiger partial charge in [0.25, 0.3) is 0 Å². The van der Waals surface area contributed by atoms with E-state index in [-0.39, 0.29) is 5.75 Å². The van der Waals surface area contributed by atoms with Crippen LogP contribution in [0.4, 0.5) is 5.69 Å². The first-order valence-corrected chi connectivity index (χ1v) is 5.95. The van der Waals surface area contributed by atoms with Crippen molar-refractivity contribution in [1.29, 1.82) is 0 Å². The van der Waals surface area contributed by atoms with E-state index in [0.717, 1.165) is 16.9 Å². The van der Waals surface area contributed by atoms with E-state index in [0.29, 0.717) is 17.4 Å². The predicted molar refractivity (Wildman–Crippen MR) is 71.9 cm³/mol. The number of hydrogen-bond donors (Lipinski definition) is 2. The van der Waals surface area contributed by atoms with Crippen molar-refractivity contribution in [2.75, 3.05) is 5.32 Å². The van der Waals surface area contributed by atoms with E-state index in [4.69, 9.17) is 11.6 Å². The molecule has 0 fully saturated rings. The highest BCUT2D eigenvalue weighted by atomic mass is 35.5. The lowest BCUT2D eigenvalue weighted by atomic mass is 10.2. The normalized spacial score (nSPS) is 10.4. The van der Waals surface area contributed by atoms with Crippen molar-refractivity contribution in [2.45, 2.75) is 20.4 Å². The first-order valence-electron chi connectivity index (χ1n) is 5.58. The molecular formula is C13H14ClN3O. The van der Waals surface area contributed by atoms with Crippen LogP contribution in [0.5, 0.6) is 5.75 Å². The number of anilines is 1. The van der Waals surface area contributed by atoms with Gasteiger partial charge in [-0.15, -0.1) is 0 Å². The zero-order valence-electron chi connectivity index (χ0n) is 10.2. The molecule has 2 N–H and O–H groups in total. The molecule has 0 bridgehead atoms. The molecule has 2 aromatic rings. The van der Waals surface area contributed by atoms with Crippen LogP contribution in [0.1, 0.15) is 17.0 Å². The number of aryl methyl sites for hydroxylation is 2. The van der Waals surface area contributed by atoms with Gasteiger partial charge in [-0.2, -0.15) is 0 Å². The molecule has 0 atom stereocenters. The molecule has 4 nitrogen and oxygen atoms in total. The van der Waals surface area contributed by atoms with Crippen LogP contribution in [-0.4, -0.2) is 15.1 Å².